The molecule has 1 N–H and O–H groups in total. The molecule has 0 aliphatic carbocycles. The first-order chi connectivity index (χ1) is 6.50. The van der Waals surface area contributed by atoms with Crippen molar-refractivity contribution < 1.29 is 9.90 Å². The lowest BCUT2D eigenvalue weighted by Gasteiger charge is -2.10. The summed E-state index contributed by atoms with van der Waals surface area (Å²) in [6.07, 6.45) is 0. The molecule has 76 valence electrons. The van der Waals surface area contributed by atoms with Crippen LogP contribution in [0.3, 0.4) is 0 Å². The Morgan fingerprint density at radius 1 is 1.50 bits per heavy atom. The quantitative estimate of drug-likeness (QED) is 0.903. The number of hydrogen-bond donors (Lipinski definition) is 1. The van der Waals surface area contributed by atoms with E-state index in [9.17, 15) is 4.79 Å². The molecule has 3 nitrogen and oxygen atoms in total. The molecule has 0 spiro atoms. The SMILES string of the molecule is CN(C)Cc1ccc(Br)c(C(=O)O)c1. The molecule has 4 heteroatoms. The van der Waals surface area contributed by atoms with Gasteiger partial charge >= 0.3 is 5.97 Å². The third kappa shape index (κ3) is 2.82. The first kappa shape index (κ1) is 11.2. The highest BCUT2D eigenvalue weighted by molar-refractivity contribution is 9.10. The molecule has 0 aliphatic heterocycles. The van der Waals surface area contributed by atoms with Crippen molar-refractivity contribution in [3.8, 4) is 0 Å². The molecule has 0 radical (unpaired) electrons. The topological polar surface area (TPSA) is 40.5 Å². The van der Waals surface area contributed by atoms with Crippen molar-refractivity contribution in [1.29, 1.82) is 0 Å². The molecular formula is C10H12BrNO2. The number of hydrogen-bond acceptors (Lipinski definition) is 2. The molecule has 0 heterocycles. The molecule has 14 heavy (non-hydrogen) atoms. The summed E-state index contributed by atoms with van der Waals surface area (Å²) >= 11 is 3.20. The van der Waals surface area contributed by atoms with Gasteiger partial charge in [0.25, 0.3) is 0 Å². The number of carboxylic acid groups (broad SMARTS) is 1. The second kappa shape index (κ2) is 4.57. The standard InChI is InChI=1S/C10H12BrNO2/c1-12(2)6-7-3-4-9(11)8(5-7)10(13)14/h3-5H,6H2,1-2H3,(H,13,14). The molecule has 0 amide bonds. The van der Waals surface area contributed by atoms with E-state index in [1.807, 2.05) is 25.1 Å². The number of nitrogens with zero attached hydrogens (tertiary/aromatic N) is 1. The number of carboxylic acids is 1. The predicted octanol–water partition coefficient (Wildman–Crippen LogP) is 2.21. The van der Waals surface area contributed by atoms with E-state index in [4.69, 9.17) is 5.11 Å². The lowest BCUT2D eigenvalue weighted by Crippen LogP contribution is -2.11. The largest absolute Gasteiger partial charge is 0.478 e. The van der Waals surface area contributed by atoms with Crippen molar-refractivity contribution in [3.63, 3.8) is 0 Å². The number of carbonyl (C=O) groups is 1. The van der Waals surface area contributed by atoms with E-state index in [0.717, 1.165) is 12.1 Å². The molecule has 1 aromatic carbocycles. The van der Waals surface area contributed by atoms with Gasteiger partial charge in [0.1, 0.15) is 0 Å². The summed E-state index contributed by atoms with van der Waals surface area (Å²) in [5, 5.41) is 8.88. The summed E-state index contributed by atoms with van der Waals surface area (Å²) in [6, 6.07) is 5.37. The average Bonchev–Trinajstić information content (AvgIpc) is 2.07. The zero-order chi connectivity index (χ0) is 10.7. The van der Waals surface area contributed by atoms with Gasteiger partial charge in [0.2, 0.25) is 0 Å². The summed E-state index contributed by atoms with van der Waals surface area (Å²) in [5.41, 5.74) is 1.31. The molecular weight excluding hydrogens is 246 g/mol. The van der Waals surface area contributed by atoms with Gasteiger partial charge in [-0.25, -0.2) is 4.79 Å². The van der Waals surface area contributed by atoms with E-state index in [2.05, 4.69) is 15.9 Å². The van der Waals surface area contributed by atoms with Gasteiger partial charge in [-0.2, -0.15) is 0 Å². The third-order valence-electron chi connectivity index (χ3n) is 1.76. The molecule has 0 saturated carbocycles. The summed E-state index contributed by atoms with van der Waals surface area (Å²) in [6.45, 7) is 0.744. The van der Waals surface area contributed by atoms with E-state index in [0.29, 0.717) is 10.0 Å². The molecule has 1 aromatic rings. The van der Waals surface area contributed by atoms with Crippen molar-refractivity contribution in [1.82, 2.24) is 4.90 Å². The van der Waals surface area contributed by atoms with Crippen molar-refractivity contribution in [2.45, 2.75) is 6.54 Å². The minimum absolute atomic E-state index is 0.310. The zero-order valence-corrected chi connectivity index (χ0v) is 9.71. The minimum Gasteiger partial charge on any atom is -0.478 e. The number of aromatic carboxylic acids is 1. The van der Waals surface area contributed by atoms with E-state index < -0.39 is 5.97 Å². The van der Waals surface area contributed by atoms with Crippen LogP contribution in [0.25, 0.3) is 0 Å². The van der Waals surface area contributed by atoms with E-state index in [1.165, 1.54) is 0 Å². The second-order valence-corrected chi connectivity index (χ2v) is 4.21. The Bertz CT molecular complexity index is 350. The smallest absolute Gasteiger partial charge is 0.336 e. The van der Waals surface area contributed by atoms with Crippen molar-refractivity contribution in [2.75, 3.05) is 14.1 Å². The lowest BCUT2D eigenvalue weighted by molar-refractivity contribution is 0.0695. The fourth-order valence-electron chi connectivity index (χ4n) is 1.20. The highest BCUT2D eigenvalue weighted by Gasteiger charge is 2.08. The van der Waals surface area contributed by atoms with Gasteiger partial charge in [0.05, 0.1) is 5.56 Å². The van der Waals surface area contributed by atoms with Crippen LogP contribution in [-0.4, -0.2) is 30.1 Å². The second-order valence-electron chi connectivity index (χ2n) is 3.36. The van der Waals surface area contributed by atoms with E-state index in [1.54, 1.807) is 12.1 Å². The highest BCUT2D eigenvalue weighted by atomic mass is 79.9. The van der Waals surface area contributed by atoms with Gasteiger partial charge in [-0.05, 0) is 47.7 Å². The van der Waals surface area contributed by atoms with Crippen LogP contribution >= 0.6 is 15.9 Å². The summed E-state index contributed by atoms with van der Waals surface area (Å²) in [5.74, 6) is -0.905. The van der Waals surface area contributed by atoms with Crippen LogP contribution in [0.15, 0.2) is 22.7 Å². The number of rotatable bonds is 3. The average molecular weight is 258 g/mol. The summed E-state index contributed by atoms with van der Waals surface area (Å²) in [4.78, 5) is 12.8. The Morgan fingerprint density at radius 2 is 2.14 bits per heavy atom. The molecule has 0 bridgehead atoms. The van der Waals surface area contributed by atoms with Gasteiger partial charge in [0, 0.05) is 11.0 Å². The number of benzene rings is 1. The van der Waals surface area contributed by atoms with Gasteiger partial charge < -0.3 is 10.0 Å². The highest BCUT2D eigenvalue weighted by Crippen LogP contribution is 2.18. The van der Waals surface area contributed by atoms with Gasteiger partial charge in [-0.1, -0.05) is 6.07 Å². The van der Waals surface area contributed by atoms with Gasteiger partial charge in [-0.15, -0.1) is 0 Å². The van der Waals surface area contributed by atoms with Crippen molar-refractivity contribution in [3.05, 3.63) is 33.8 Å². The van der Waals surface area contributed by atoms with Crippen LogP contribution in [0.5, 0.6) is 0 Å². The van der Waals surface area contributed by atoms with Crippen LogP contribution in [-0.2, 0) is 6.54 Å². The Balaban J connectivity index is 3.00. The Kier molecular flexibility index (Phi) is 3.66. The fraction of sp³-hybridized carbons (Fsp3) is 0.300. The van der Waals surface area contributed by atoms with E-state index in [-0.39, 0.29) is 0 Å². The Hall–Kier alpha value is -0.870. The van der Waals surface area contributed by atoms with Crippen molar-refractivity contribution in [2.24, 2.45) is 0 Å². The number of halogens is 1. The molecule has 0 aliphatic rings. The molecule has 0 unspecified atom stereocenters. The minimum atomic E-state index is -0.905. The first-order valence-electron chi connectivity index (χ1n) is 4.17. The molecule has 0 fully saturated rings. The van der Waals surface area contributed by atoms with Crippen LogP contribution in [0.2, 0.25) is 0 Å². The van der Waals surface area contributed by atoms with Crippen molar-refractivity contribution >= 4 is 21.9 Å². The zero-order valence-electron chi connectivity index (χ0n) is 8.12. The third-order valence-corrected chi connectivity index (χ3v) is 2.45. The normalized spacial score (nSPS) is 10.6. The van der Waals surface area contributed by atoms with Gasteiger partial charge in [-0.3, -0.25) is 0 Å². The van der Waals surface area contributed by atoms with Crippen LogP contribution < -0.4 is 0 Å². The molecule has 0 atom stereocenters. The molecule has 1 rings (SSSR count). The monoisotopic (exact) mass is 257 g/mol. The maximum atomic E-state index is 10.8. The first-order valence-corrected chi connectivity index (χ1v) is 4.96. The lowest BCUT2D eigenvalue weighted by atomic mass is 10.1. The van der Waals surface area contributed by atoms with Crippen LogP contribution in [0, 0.1) is 0 Å². The van der Waals surface area contributed by atoms with Crippen LogP contribution in [0.1, 0.15) is 15.9 Å². The maximum absolute atomic E-state index is 10.8. The Labute approximate surface area is 91.5 Å². The Morgan fingerprint density at radius 3 is 2.64 bits per heavy atom. The predicted molar refractivity (Wildman–Crippen MR) is 58.5 cm³/mol. The van der Waals surface area contributed by atoms with Crippen LogP contribution in [0.4, 0.5) is 0 Å². The van der Waals surface area contributed by atoms with Gasteiger partial charge in [0.15, 0.2) is 0 Å². The molecule has 0 saturated heterocycles. The summed E-state index contributed by atoms with van der Waals surface area (Å²) < 4.78 is 0.618. The summed E-state index contributed by atoms with van der Waals surface area (Å²) in [7, 11) is 3.89. The maximum Gasteiger partial charge on any atom is 0.336 e. The molecule has 0 aromatic heterocycles. The fourth-order valence-corrected chi connectivity index (χ4v) is 1.62. The van der Waals surface area contributed by atoms with E-state index >= 15 is 0 Å².